The number of hydrogen-bond donors (Lipinski definition) is 0. The second kappa shape index (κ2) is 13.4. The summed E-state index contributed by atoms with van der Waals surface area (Å²) in [4.78, 5) is 35.6. The van der Waals surface area contributed by atoms with Crippen molar-refractivity contribution in [1.82, 2.24) is 19.8 Å². The fraction of sp³-hybridized carbons (Fsp3) is 0.441. The van der Waals surface area contributed by atoms with Crippen LogP contribution in [-0.2, 0) is 13.0 Å². The van der Waals surface area contributed by atoms with Crippen LogP contribution in [0.1, 0.15) is 40.0 Å². The predicted molar refractivity (Wildman–Crippen MR) is 169 cm³/mol. The molecule has 10 heteroatoms. The van der Waals surface area contributed by atoms with E-state index >= 15 is 0 Å². The number of Topliss-reactive ketones (excluding diaryl/α,β-unsaturated/α-hetero) is 1. The molecule has 2 saturated heterocycles. The van der Waals surface area contributed by atoms with Crippen molar-refractivity contribution >= 4 is 17.3 Å². The average molecular weight is 591 g/mol. The van der Waals surface area contributed by atoms with Gasteiger partial charge in [-0.05, 0) is 45.0 Å². The molecule has 2 fully saturated rings. The molecule has 0 aliphatic carbocycles. The fourth-order valence-electron chi connectivity index (χ4n) is 6.60. The SMILES string of the molecule is [C-]#[N+]C[C@H]1CN(c2nc(OC[C@@H]3CCCN3C)nc3c2CCN(c2ccccc2C#N)C3)CCN1CC(=O)c1ccccc1. The van der Waals surface area contributed by atoms with Gasteiger partial charge in [-0.2, -0.15) is 15.2 Å². The van der Waals surface area contributed by atoms with Crippen molar-refractivity contribution in [2.75, 3.05) is 69.3 Å². The lowest BCUT2D eigenvalue weighted by molar-refractivity contribution is 0.0885. The summed E-state index contributed by atoms with van der Waals surface area (Å²) in [7, 11) is 2.13. The number of aromatic nitrogens is 2. The fourth-order valence-corrected chi connectivity index (χ4v) is 6.60. The molecular formula is C34H38N8O2. The first kappa shape index (κ1) is 29.6. The monoisotopic (exact) mass is 590 g/mol. The third-order valence-electron chi connectivity index (χ3n) is 9.11. The second-order valence-electron chi connectivity index (χ2n) is 11.8. The molecule has 0 bridgehead atoms. The molecule has 44 heavy (non-hydrogen) atoms. The number of rotatable bonds is 9. The molecule has 0 unspecified atom stereocenters. The van der Waals surface area contributed by atoms with Crippen LogP contribution in [0.15, 0.2) is 54.6 Å². The van der Waals surface area contributed by atoms with E-state index in [1.165, 1.54) is 0 Å². The highest BCUT2D eigenvalue weighted by atomic mass is 16.5. The van der Waals surface area contributed by atoms with Gasteiger partial charge in [0.15, 0.2) is 5.78 Å². The molecule has 3 aromatic rings. The Balaban J connectivity index is 1.26. The number of para-hydroxylation sites is 1. The van der Waals surface area contributed by atoms with Gasteiger partial charge >= 0.3 is 6.01 Å². The molecule has 0 radical (unpaired) electrons. The van der Waals surface area contributed by atoms with Crippen molar-refractivity contribution in [2.45, 2.75) is 37.9 Å². The Morgan fingerprint density at radius 3 is 2.64 bits per heavy atom. The van der Waals surface area contributed by atoms with E-state index in [1.807, 2.05) is 54.6 Å². The molecular weight excluding hydrogens is 552 g/mol. The Bertz CT molecular complexity index is 1570. The molecule has 6 rings (SSSR count). The van der Waals surface area contributed by atoms with E-state index in [4.69, 9.17) is 21.3 Å². The topological polar surface area (TPSA) is 93.2 Å². The number of nitrogens with zero attached hydrogens (tertiary/aromatic N) is 8. The summed E-state index contributed by atoms with van der Waals surface area (Å²) >= 11 is 0. The molecule has 0 amide bonds. The molecule has 3 aliphatic rings. The van der Waals surface area contributed by atoms with Gasteiger partial charge in [-0.1, -0.05) is 42.5 Å². The Kier molecular flexibility index (Phi) is 9.02. The van der Waals surface area contributed by atoms with E-state index in [0.717, 1.165) is 55.1 Å². The first-order valence-corrected chi connectivity index (χ1v) is 15.4. The lowest BCUT2D eigenvalue weighted by Crippen LogP contribution is -2.56. The minimum Gasteiger partial charge on any atom is -0.462 e. The summed E-state index contributed by atoms with van der Waals surface area (Å²) < 4.78 is 6.28. The van der Waals surface area contributed by atoms with Crippen molar-refractivity contribution in [2.24, 2.45) is 0 Å². The Morgan fingerprint density at radius 1 is 1.05 bits per heavy atom. The highest BCUT2D eigenvalue weighted by Crippen LogP contribution is 2.33. The predicted octanol–water partition coefficient (Wildman–Crippen LogP) is 3.68. The van der Waals surface area contributed by atoms with E-state index < -0.39 is 0 Å². The lowest BCUT2D eigenvalue weighted by Gasteiger charge is -2.41. The first-order valence-electron chi connectivity index (χ1n) is 15.4. The second-order valence-corrected chi connectivity index (χ2v) is 11.8. The van der Waals surface area contributed by atoms with Crippen molar-refractivity contribution in [1.29, 1.82) is 5.26 Å². The largest absolute Gasteiger partial charge is 0.462 e. The van der Waals surface area contributed by atoms with Gasteiger partial charge in [0.2, 0.25) is 6.54 Å². The third kappa shape index (κ3) is 6.37. The van der Waals surface area contributed by atoms with Gasteiger partial charge in [-0.3, -0.25) is 9.69 Å². The van der Waals surface area contributed by atoms with Crippen molar-refractivity contribution in [3.05, 3.63) is 88.4 Å². The number of nitriles is 1. The number of carbonyl (C=O) groups is 1. The highest BCUT2D eigenvalue weighted by molar-refractivity contribution is 5.97. The summed E-state index contributed by atoms with van der Waals surface area (Å²) in [5.41, 5.74) is 4.25. The van der Waals surface area contributed by atoms with Crippen molar-refractivity contribution < 1.29 is 9.53 Å². The molecule has 226 valence electrons. The Hall–Kier alpha value is -4.51. The minimum atomic E-state index is -0.0985. The highest BCUT2D eigenvalue weighted by Gasteiger charge is 2.34. The standard InChI is InChI=1S/C34H38N8O2/c1-36-20-28-21-42(18-17-40(28)23-32(43)25-9-4-3-5-10-25)33-29-14-16-41(31-13-7-6-11-26(31)19-35)22-30(29)37-34(38-33)44-24-27-12-8-15-39(27)2/h3-7,9-11,13,27-28H,8,12,14-18,20-24H2,2H3/t27-,28-/m0/s1. The number of benzene rings is 2. The van der Waals surface area contributed by atoms with Crippen molar-refractivity contribution in [3.8, 4) is 12.1 Å². The quantitative estimate of drug-likeness (QED) is 0.273. The number of anilines is 2. The molecule has 2 aromatic carbocycles. The smallest absolute Gasteiger partial charge is 0.318 e. The van der Waals surface area contributed by atoms with Crippen LogP contribution >= 0.6 is 0 Å². The van der Waals surface area contributed by atoms with Crippen LogP contribution in [0.5, 0.6) is 6.01 Å². The van der Waals surface area contributed by atoms with Crippen LogP contribution in [0.25, 0.3) is 4.85 Å². The summed E-state index contributed by atoms with van der Waals surface area (Å²) in [6.45, 7) is 13.1. The van der Waals surface area contributed by atoms with Gasteiger partial charge < -0.3 is 24.3 Å². The number of ether oxygens (including phenoxy) is 1. The number of fused-ring (bicyclic) bond motifs is 1. The summed E-state index contributed by atoms with van der Waals surface area (Å²) in [5, 5.41) is 9.73. The van der Waals surface area contributed by atoms with E-state index in [2.05, 4.69) is 37.6 Å². The van der Waals surface area contributed by atoms with Gasteiger partial charge in [-0.25, -0.2) is 6.57 Å². The third-order valence-corrected chi connectivity index (χ3v) is 9.11. The van der Waals surface area contributed by atoms with Gasteiger partial charge in [-0.15, -0.1) is 0 Å². The number of carbonyl (C=O) groups excluding carboxylic acids is 1. The molecule has 4 heterocycles. The van der Waals surface area contributed by atoms with Gasteiger partial charge in [0, 0.05) is 43.3 Å². The van der Waals surface area contributed by atoms with E-state index in [9.17, 15) is 10.1 Å². The van der Waals surface area contributed by atoms with Crippen LogP contribution in [0.3, 0.4) is 0 Å². The van der Waals surface area contributed by atoms with E-state index in [1.54, 1.807) is 0 Å². The zero-order valence-electron chi connectivity index (χ0n) is 25.2. The van der Waals surface area contributed by atoms with E-state index in [-0.39, 0.29) is 18.4 Å². The number of piperazine rings is 1. The van der Waals surface area contributed by atoms with E-state index in [0.29, 0.717) is 62.5 Å². The molecule has 0 saturated carbocycles. The first-order chi connectivity index (χ1) is 21.5. The Labute approximate surface area is 259 Å². The van der Waals surface area contributed by atoms with Crippen LogP contribution in [0, 0.1) is 17.9 Å². The zero-order chi connectivity index (χ0) is 30.5. The van der Waals surface area contributed by atoms with Crippen molar-refractivity contribution in [3.63, 3.8) is 0 Å². The Morgan fingerprint density at radius 2 is 1.86 bits per heavy atom. The molecule has 0 spiro atoms. The maximum atomic E-state index is 13.0. The van der Waals surface area contributed by atoms with Gasteiger partial charge in [0.1, 0.15) is 24.5 Å². The van der Waals surface area contributed by atoms with Crippen LogP contribution in [-0.4, -0.2) is 97.1 Å². The molecule has 2 atom stereocenters. The lowest BCUT2D eigenvalue weighted by atomic mass is 10.0. The zero-order valence-corrected chi connectivity index (χ0v) is 25.2. The average Bonchev–Trinajstić information content (AvgIpc) is 3.48. The molecule has 3 aliphatic heterocycles. The molecule has 0 N–H and O–H groups in total. The number of likely N-dealkylation sites (tertiary alicyclic amines) is 1. The van der Waals surface area contributed by atoms with Gasteiger partial charge in [0.05, 0.1) is 30.0 Å². The van der Waals surface area contributed by atoms with Crippen LogP contribution < -0.4 is 14.5 Å². The van der Waals surface area contributed by atoms with Crippen LogP contribution in [0.4, 0.5) is 11.5 Å². The summed E-state index contributed by atoms with van der Waals surface area (Å²) in [5.74, 6) is 0.931. The summed E-state index contributed by atoms with van der Waals surface area (Å²) in [6, 6.07) is 20.0. The van der Waals surface area contributed by atoms with Crippen LogP contribution in [0.2, 0.25) is 0 Å². The number of ketones is 1. The maximum Gasteiger partial charge on any atom is 0.318 e. The normalized spacial score (nSPS) is 20.5. The number of likely N-dealkylation sites (N-methyl/N-ethyl adjacent to an activating group) is 1. The summed E-state index contributed by atoms with van der Waals surface area (Å²) in [6.07, 6.45) is 2.98. The van der Waals surface area contributed by atoms with Gasteiger partial charge in [0.25, 0.3) is 0 Å². The molecule has 10 nitrogen and oxygen atoms in total. The number of hydrogen-bond acceptors (Lipinski definition) is 9. The maximum absolute atomic E-state index is 13.0. The molecule has 1 aromatic heterocycles. The minimum absolute atomic E-state index is 0.0683.